The molecule has 0 bridgehead atoms. The standard InChI is InChI=1S/C9H17N3O/c10-6-1-2-7-11-9(13)12-8-4-3-5-8/h1-2,8H,3-7,10H2,(H2,11,12,13)/b2-1+. The predicted molar refractivity (Wildman–Crippen MR) is 52.4 cm³/mol. The van der Waals surface area contributed by atoms with Crippen LogP contribution in [0.2, 0.25) is 0 Å². The van der Waals surface area contributed by atoms with Crippen LogP contribution in [-0.4, -0.2) is 25.2 Å². The first kappa shape index (κ1) is 10.1. The summed E-state index contributed by atoms with van der Waals surface area (Å²) in [4.78, 5) is 11.1. The highest BCUT2D eigenvalue weighted by molar-refractivity contribution is 5.74. The van der Waals surface area contributed by atoms with Crippen LogP contribution in [0.3, 0.4) is 0 Å². The van der Waals surface area contributed by atoms with Gasteiger partial charge in [0.2, 0.25) is 0 Å². The maximum Gasteiger partial charge on any atom is 0.315 e. The Balaban J connectivity index is 2.00. The summed E-state index contributed by atoms with van der Waals surface area (Å²) >= 11 is 0. The van der Waals surface area contributed by atoms with Gasteiger partial charge in [0.25, 0.3) is 0 Å². The lowest BCUT2D eigenvalue weighted by atomic mass is 9.93. The molecule has 4 heteroatoms. The highest BCUT2D eigenvalue weighted by atomic mass is 16.2. The topological polar surface area (TPSA) is 67.1 Å². The molecule has 1 rings (SSSR count). The molecule has 0 saturated heterocycles. The number of rotatable bonds is 4. The number of amides is 2. The third-order valence-corrected chi connectivity index (χ3v) is 2.12. The Hall–Kier alpha value is -1.03. The van der Waals surface area contributed by atoms with E-state index in [1.165, 1.54) is 6.42 Å². The fraction of sp³-hybridized carbons (Fsp3) is 0.667. The summed E-state index contributed by atoms with van der Waals surface area (Å²) in [5.41, 5.74) is 5.24. The van der Waals surface area contributed by atoms with Gasteiger partial charge in [-0.25, -0.2) is 4.79 Å². The monoisotopic (exact) mass is 183 g/mol. The van der Waals surface area contributed by atoms with Crippen molar-refractivity contribution >= 4 is 6.03 Å². The van der Waals surface area contributed by atoms with E-state index in [1.54, 1.807) is 0 Å². The zero-order chi connectivity index (χ0) is 9.52. The summed E-state index contributed by atoms with van der Waals surface area (Å²) in [6.07, 6.45) is 7.14. The van der Waals surface area contributed by atoms with Gasteiger partial charge in [0.05, 0.1) is 0 Å². The normalized spacial score (nSPS) is 17.0. The molecule has 2 amide bonds. The van der Waals surface area contributed by atoms with Crippen LogP contribution in [0.4, 0.5) is 4.79 Å². The van der Waals surface area contributed by atoms with Crippen LogP contribution in [0.25, 0.3) is 0 Å². The molecule has 1 saturated carbocycles. The quantitative estimate of drug-likeness (QED) is 0.551. The lowest BCUT2D eigenvalue weighted by Crippen LogP contribution is -2.45. The molecule has 0 aromatic carbocycles. The van der Waals surface area contributed by atoms with Crippen molar-refractivity contribution in [3.8, 4) is 0 Å². The zero-order valence-corrected chi connectivity index (χ0v) is 7.75. The third kappa shape index (κ3) is 3.94. The molecule has 0 spiro atoms. The fourth-order valence-electron chi connectivity index (χ4n) is 1.12. The van der Waals surface area contributed by atoms with E-state index in [2.05, 4.69) is 10.6 Å². The molecule has 74 valence electrons. The highest BCUT2D eigenvalue weighted by Gasteiger charge is 2.18. The summed E-state index contributed by atoms with van der Waals surface area (Å²) in [5, 5.41) is 5.60. The van der Waals surface area contributed by atoms with Gasteiger partial charge in [-0.05, 0) is 19.3 Å². The van der Waals surface area contributed by atoms with E-state index in [1.807, 2.05) is 12.2 Å². The molecule has 0 heterocycles. The number of nitrogens with one attached hydrogen (secondary N) is 2. The van der Waals surface area contributed by atoms with E-state index in [9.17, 15) is 4.79 Å². The summed E-state index contributed by atoms with van der Waals surface area (Å²) < 4.78 is 0. The second-order valence-electron chi connectivity index (χ2n) is 3.19. The van der Waals surface area contributed by atoms with Gasteiger partial charge in [-0.1, -0.05) is 12.2 Å². The van der Waals surface area contributed by atoms with Crippen molar-refractivity contribution in [3.63, 3.8) is 0 Å². The molecule has 1 fully saturated rings. The Morgan fingerprint density at radius 2 is 2.23 bits per heavy atom. The van der Waals surface area contributed by atoms with Gasteiger partial charge in [0.1, 0.15) is 0 Å². The molecule has 0 aliphatic heterocycles. The van der Waals surface area contributed by atoms with E-state index in [0.29, 0.717) is 19.1 Å². The molecule has 13 heavy (non-hydrogen) atoms. The summed E-state index contributed by atoms with van der Waals surface area (Å²) in [5.74, 6) is 0. The minimum atomic E-state index is -0.0774. The van der Waals surface area contributed by atoms with E-state index in [-0.39, 0.29) is 6.03 Å². The van der Waals surface area contributed by atoms with Gasteiger partial charge >= 0.3 is 6.03 Å². The first-order chi connectivity index (χ1) is 6.33. The molecule has 0 atom stereocenters. The molecular weight excluding hydrogens is 166 g/mol. The summed E-state index contributed by atoms with van der Waals surface area (Å²) in [7, 11) is 0. The van der Waals surface area contributed by atoms with Gasteiger partial charge in [0, 0.05) is 19.1 Å². The minimum Gasteiger partial charge on any atom is -0.335 e. The van der Waals surface area contributed by atoms with Crippen LogP contribution in [0.15, 0.2) is 12.2 Å². The molecule has 0 aromatic heterocycles. The van der Waals surface area contributed by atoms with Crippen LogP contribution in [0.5, 0.6) is 0 Å². The maximum atomic E-state index is 11.1. The first-order valence-electron chi connectivity index (χ1n) is 4.72. The minimum absolute atomic E-state index is 0.0774. The average Bonchev–Trinajstić information content (AvgIpc) is 2.06. The van der Waals surface area contributed by atoms with Crippen molar-refractivity contribution in [1.29, 1.82) is 0 Å². The molecular formula is C9H17N3O. The van der Waals surface area contributed by atoms with Crippen LogP contribution in [-0.2, 0) is 0 Å². The molecule has 0 radical (unpaired) electrons. The number of carbonyl (C=O) groups excluding carboxylic acids is 1. The molecule has 1 aliphatic rings. The molecule has 4 N–H and O–H groups in total. The van der Waals surface area contributed by atoms with Crippen molar-refractivity contribution in [3.05, 3.63) is 12.2 Å². The van der Waals surface area contributed by atoms with Crippen LogP contribution < -0.4 is 16.4 Å². The Morgan fingerprint density at radius 1 is 1.46 bits per heavy atom. The number of hydrogen-bond donors (Lipinski definition) is 3. The van der Waals surface area contributed by atoms with Gasteiger partial charge in [-0.3, -0.25) is 0 Å². The van der Waals surface area contributed by atoms with Gasteiger partial charge in [-0.15, -0.1) is 0 Å². The van der Waals surface area contributed by atoms with E-state index >= 15 is 0 Å². The lowest BCUT2D eigenvalue weighted by molar-refractivity contribution is 0.229. The summed E-state index contributed by atoms with van der Waals surface area (Å²) in [6.45, 7) is 1.07. The smallest absolute Gasteiger partial charge is 0.315 e. The predicted octanol–water partition coefficient (Wildman–Crippen LogP) is 0.353. The van der Waals surface area contributed by atoms with Crippen molar-refractivity contribution in [2.75, 3.05) is 13.1 Å². The van der Waals surface area contributed by atoms with Crippen molar-refractivity contribution in [1.82, 2.24) is 10.6 Å². The number of nitrogens with two attached hydrogens (primary N) is 1. The largest absolute Gasteiger partial charge is 0.335 e. The van der Waals surface area contributed by atoms with E-state index in [0.717, 1.165) is 12.8 Å². The van der Waals surface area contributed by atoms with Crippen molar-refractivity contribution in [2.45, 2.75) is 25.3 Å². The van der Waals surface area contributed by atoms with Gasteiger partial charge < -0.3 is 16.4 Å². The van der Waals surface area contributed by atoms with Gasteiger partial charge in [0.15, 0.2) is 0 Å². The Labute approximate surface area is 78.6 Å². The highest BCUT2D eigenvalue weighted by Crippen LogP contribution is 2.17. The third-order valence-electron chi connectivity index (χ3n) is 2.12. The van der Waals surface area contributed by atoms with Crippen LogP contribution in [0.1, 0.15) is 19.3 Å². The average molecular weight is 183 g/mol. The SMILES string of the molecule is NC/C=C/CNC(=O)NC1CCC1. The summed E-state index contributed by atoms with van der Waals surface area (Å²) in [6, 6.07) is 0.324. The van der Waals surface area contributed by atoms with Crippen molar-refractivity contribution in [2.24, 2.45) is 5.73 Å². The second-order valence-corrected chi connectivity index (χ2v) is 3.19. The van der Waals surface area contributed by atoms with Crippen LogP contribution in [0, 0.1) is 0 Å². The molecule has 0 unspecified atom stereocenters. The number of urea groups is 1. The van der Waals surface area contributed by atoms with E-state index < -0.39 is 0 Å². The first-order valence-corrected chi connectivity index (χ1v) is 4.72. The van der Waals surface area contributed by atoms with E-state index in [4.69, 9.17) is 5.73 Å². The Kier molecular flexibility index (Phi) is 4.32. The molecule has 0 aromatic rings. The van der Waals surface area contributed by atoms with Crippen LogP contribution >= 0.6 is 0 Å². The lowest BCUT2D eigenvalue weighted by Gasteiger charge is -2.26. The molecule has 4 nitrogen and oxygen atoms in total. The number of hydrogen-bond acceptors (Lipinski definition) is 2. The maximum absolute atomic E-state index is 11.1. The zero-order valence-electron chi connectivity index (χ0n) is 7.75. The number of carbonyl (C=O) groups is 1. The molecule has 1 aliphatic carbocycles. The van der Waals surface area contributed by atoms with Gasteiger partial charge in [-0.2, -0.15) is 0 Å². The van der Waals surface area contributed by atoms with Crippen molar-refractivity contribution < 1.29 is 4.79 Å². The Bertz CT molecular complexity index is 187. The Morgan fingerprint density at radius 3 is 2.77 bits per heavy atom. The fourth-order valence-corrected chi connectivity index (χ4v) is 1.12. The second kappa shape index (κ2) is 5.59.